The zero-order valence-corrected chi connectivity index (χ0v) is 17.7. The average Bonchev–Trinajstić information content (AvgIpc) is 3.13. The normalized spacial score (nSPS) is 23.2. The summed E-state index contributed by atoms with van der Waals surface area (Å²) in [5.74, 6) is 0.516. The average molecular weight is 428 g/mol. The first-order valence-electron chi connectivity index (χ1n) is 10.3. The van der Waals surface area contributed by atoms with E-state index in [-0.39, 0.29) is 11.6 Å². The smallest absolute Gasteiger partial charge is 0.261 e. The molecule has 9 heteroatoms. The molecular formula is C21H25N5O3S. The topological polar surface area (TPSA) is 92.2 Å². The van der Waals surface area contributed by atoms with Crippen molar-refractivity contribution < 1.29 is 8.95 Å². The van der Waals surface area contributed by atoms with E-state index in [0.29, 0.717) is 23.9 Å². The number of aromatic nitrogens is 3. The van der Waals surface area contributed by atoms with E-state index in [2.05, 4.69) is 17.2 Å². The van der Waals surface area contributed by atoms with Crippen LogP contribution in [0.2, 0.25) is 0 Å². The highest BCUT2D eigenvalue weighted by molar-refractivity contribution is 7.82. The molecule has 1 aromatic carbocycles. The van der Waals surface area contributed by atoms with Gasteiger partial charge in [-0.2, -0.15) is 5.10 Å². The van der Waals surface area contributed by atoms with E-state index in [0.717, 1.165) is 48.5 Å². The summed E-state index contributed by atoms with van der Waals surface area (Å²) < 4.78 is 22.2. The highest BCUT2D eigenvalue weighted by Gasteiger charge is 2.29. The van der Waals surface area contributed by atoms with Crippen molar-refractivity contribution in [2.45, 2.75) is 43.2 Å². The molecule has 0 amide bonds. The van der Waals surface area contributed by atoms with Gasteiger partial charge in [-0.3, -0.25) is 9.48 Å². The molecule has 2 fully saturated rings. The molecule has 2 saturated heterocycles. The van der Waals surface area contributed by atoms with Gasteiger partial charge in [0.2, 0.25) is 0 Å². The van der Waals surface area contributed by atoms with Gasteiger partial charge in [0.25, 0.3) is 5.56 Å². The Morgan fingerprint density at radius 3 is 2.73 bits per heavy atom. The third-order valence-corrected chi connectivity index (χ3v) is 7.55. The van der Waals surface area contributed by atoms with Crippen LogP contribution in [0.3, 0.4) is 0 Å². The summed E-state index contributed by atoms with van der Waals surface area (Å²) in [6.07, 6.45) is 4.68. The van der Waals surface area contributed by atoms with Gasteiger partial charge < -0.3 is 15.0 Å². The van der Waals surface area contributed by atoms with Crippen molar-refractivity contribution in [1.29, 1.82) is 0 Å². The van der Waals surface area contributed by atoms with Gasteiger partial charge in [0.05, 0.1) is 23.1 Å². The van der Waals surface area contributed by atoms with Crippen molar-refractivity contribution in [3.05, 3.63) is 46.9 Å². The Balaban J connectivity index is 1.44. The maximum absolute atomic E-state index is 12.6. The summed E-state index contributed by atoms with van der Waals surface area (Å²) in [5.41, 5.74) is 1.41. The van der Waals surface area contributed by atoms with Crippen LogP contribution in [0.25, 0.3) is 10.9 Å². The highest BCUT2D eigenvalue weighted by Crippen LogP contribution is 2.29. The first kappa shape index (κ1) is 19.5. The lowest BCUT2D eigenvalue weighted by Gasteiger charge is -2.36. The van der Waals surface area contributed by atoms with Crippen LogP contribution in [0.1, 0.15) is 32.2 Å². The molecule has 8 nitrogen and oxygen atoms in total. The minimum Gasteiger partial charge on any atom is -0.379 e. The third kappa shape index (κ3) is 3.46. The second kappa shape index (κ2) is 7.98. The quantitative estimate of drug-likeness (QED) is 0.653. The molecule has 158 valence electrons. The first-order chi connectivity index (χ1) is 14.6. The summed E-state index contributed by atoms with van der Waals surface area (Å²) in [4.78, 5) is 16.1. The van der Waals surface area contributed by atoms with E-state index in [9.17, 15) is 9.00 Å². The number of fused-ring (bicyclic) bond motifs is 1. The molecule has 2 aliphatic heterocycles. The van der Waals surface area contributed by atoms with Crippen molar-refractivity contribution in [2.24, 2.45) is 0 Å². The van der Waals surface area contributed by atoms with E-state index in [4.69, 9.17) is 9.84 Å². The molecule has 30 heavy (non-hydrogen) atoms. The predicted octanol–water partition coefficient (Wildman–Crippen LogP) is 2.94. The van der Waals surface area contributed by atoms with Crippen LogP contribution in [-0.4, -0.2) is 49.1 Å². The number of rotatable bonds is 5. The van der Waals surface area contributed by atoms with E-state index in [1.54, 1.807) is 6.20 Å². The van der Waals surface area contributed by atoms with Crippen molar-refractivity contribution >= 4 is 33.4 Å². The summed E-state index contributed by atoms with van der Waals surface area (Å²) in [6, 6.07) is 9.83. The molecule has 0 spiro atoms. The van der Waals surface area contributed by atoms with E-state index in [1.165, 1.54) is 0 Å². The fourth-order valence-electron chi connectivity index (χ4n) is 4.05. The van der Waals surface area contributed by atoms with E-state index in [1.807, 2.05) is 39.3 Å². The number of aromatic amines is 1. The molecule has 2 aromatic heterocycles. The Hall–Kier alpha value is -2.49. The van der Waals surface area contributed by atoms with Gasteiger partial charge in [0.15, 0.2) is 5.82 Å². The standard InChI is InChI=1S/C21H25N5O3S/c1-14-9-11-25(14)30(28)17-6-4-15(5-7-17)23-20-19-18(8-10-22-21(19)27)26(24-20)16-3-2-12-29-13-16/h4-8,10,14,16H,2-3,9,11-13H2,1H3,(H,22,27)(H,23,24)/t14?,16-,30?/m1/s1. The van der Waals surface area contributed by atoms with Crippen molar-refractivity contribution in [2.75, 3.05) is 25.1 Å². The Labute approximate surface area is 176 Å². The Morgan fingerprint density at radius 1 is 1.23 bits per heavy atom. The summed E-state index contributed by atoms with van der Waals surface area (Å²) in [7, 11) is -1.13. The molecule has 2 aliphatic rings. The largest absolute Gasteiger partial charge is 0.379 e. The molecule has 2 N–H and O–H groups in total. The van der Waals surface area contributed by atoms with Crippen LogP contribution in [0, 0.1) is 0 Å². The van der Waals surface area contributed by atoms with Gasteiger partial charge in [-0.05, 0) is 56.5 Å². The maximum atomic E-state index is 12.6. The van der Waals surface area contributed by atoms with Gasteiger partial charge >= 0.3 is 0 Å². The zero-order valence-electron chi connectivity index (χ0n) is 16.8. The summed E-state index contributed by atoms with van der Waals surface area (Å²) in [5, 5.41) is 8.53. The van der Waals surface area contributed by atoms with Crippen LogP contribution < -0.4 is 10.9 Å². The number of ether oxygens (including phenoxy) is 1. The van der Waals surface area contributed by atoms with Crippen LogP contribution in [0.5, 0.6) is 0 Å². The molecule has 0 radical (unpaired) electrons. The second-order valence-corrected chi connectivity index (χ2v) is 9.35. The fraction of sp³-hybridized carbons (Fsp3) is 0.429. The molecule has 2 unspecified atom stereocenters. The molecular weight excluding hydrogens is 402 g/mol. The van der Waals surface area contributed by atoms with Gasteiger partial charge in [0.1, 0.15) is 16.4 Å². The summed E-state index contributed by atoms with van der Waals surface area (Å²) >= 11 is 0. The van der Waals surface area contributed by atoms with Crippen LogP contribution in [0.15, 0.2) is 46.2 Å². The number of nitrogens with zero attached hydrogens (tertiary/aromatic N) is 3. The molecule has 4 heterocycles. The predicted molar refractivity (Wildman–Crippen MR) is 116 cm³/mol. The maximum Gasteiger partial charge on any atom is 0.261 e. The molecule has 0 saturated carbocycles. The fourth-order valence-corrected chi connectivity index (χ4v) is 5.39. The number of anilines is 2. The molecule has 5 rings (SSSR count). The first-order valence-corrected chi connectivity index (χ1v) is 11.5. The van der Waals surface area contributed by atoms with Gasteiger partial charge in [-0.1, -0.05) is 0 Å². The molecule has 0 aliphatic carbocycles. The number of pyridine rings is 1. The highest BCUT2D eigenvalue weighted by atomic mass is 32.2. The van der Waals surface area contributed by atoms with Crippen LogP contribution >= 0.6 is 0 Å². The number of benzene rings is 1. The Kier molecular flexibility index (Phi) is 5.18. The van der Waals surface area contributed by atoms with Crippen molar-refractivity contribution in [1.82, 2.24) is 19.1 Å². The molecule has 3 aromatic rings. The second-order valence-electron chi connectivity index (χ2n) is 7.91. The lowest BCUT2D eigenvalue weighted by atomic mass is 10.1. The van der Waals surface area contributed by atoms with Crippen molar-refractivity contribution in [3.63, 3.8) is 0 Å². The number of nitrogens with one attached hydrogen (secondary N) is 2. The molecule has 0 bridgehead atoms. The van der Waals surface area contributed by atoms with Gasteiger partial charge in [-0.15, -0.1) is 0 Å². The zero-order chi connectivity index (χ0) is 20.7. The van der Waals surface area contributed by atoms with E-state index < -0.39 is 11.0 Å². The van der Waals surface area contributed by atoms with Gasteiger partial charge in [-0.25, -0.2) is 8.51 Å². The van der Waals surface area contributed by atoms with Crippen molar-refractivity contribution in [3.8, 4) is 0 Å². The minimum absolute atomic E-state index is 0.113. The third-order valence-electron chi connectivity index (χ3n) is 5.90. The van der Waals surface area contributed by atoms with E-state index >= 15 is 0 Å². The number of hydrogen-bond acceptors (Lipinski definition) is 5. The number of H-pyrrole nitrogens is 1. The lowest BCUT2D eigenvalue weighted by Crippen LogP contribution is -2.46. The minimum atomic E-state index is -1.13. The number of hydrogen-bond donors (Lipinski definition) is 2. The Bertz CT molecular complexity index is 1130. The van der Waals surface area contributed by atoms with Crippen LogP contribution in [-0.2, 0) is 15.7 Å². The SMILES string of the molecule is CC1CCN1S(=O)c1ccc(Nc2nn([C@@H]3CCCOC3)c3cc[nH]c(=O)c23)cc1. The molecule has 3 atom stereocenters. The van der Waals surface area contributed by atoms with Gasteiger partial charge in [0, 0.05) is 31.1 Å². The van der Waals surface area contributed by atoms with Crippen LogP contribution in [0.4, 0.5) is 11.5 Å². The summed E-state index contributed by atoms with van der Waals surface area (Å²) in [6.45, 7) is 4.32. The monoisotopic (exact) mass is 427 g/mol. The lowest BCUT2D eigenvalue weighted by molar-refractivity contribution is 0.0566. The Morgan fingerprint density at radius 2 is 2.07 bits per heavy atom.